The third-order valence-electron chi connectivity index (χ3n) is 5.23. The van der Waals surface area contributed by atoms with Crippen LogP contribution in [0, 0.1) is 5.82 Å². The normalized spacial score (nSPS) is 21.4. The van der Waals surface area contributed by atoms with E-state index < -0.39 is 0 Å². The Morgan fingerprint density at radius 1 is 1.14 bits per heavy atom. The Labute approximate surface area is 176 Å². The molecule has 0 bridgehead atoms. The molecule has 1 saturated heterocycles. The van der Waals surface area contributed by atoms with Crippen molar-refractivity contribution in [3.8, 4) is 0 Å². The van der Waals surface area contributed by atoms with E-state index in [1.54, 1.807) is 29.4 Å². The molecule has 28 heavy (non-hydrogen) atoms. The minimum atomic E-state index is -0.276. The molecule has 1 aliphatic carbocycles. The van der Waals surface area contributed by atoms with Gasteiger partial charge < -0.3 is 15.5 Å². The number of piperazine rings is 1. The summed E-state index contributed by atoms with van der Waals surface area (Å²) in [5, 5.41) is 0. The molecule has 2 N–H and O–H groups in total. The molecule has 1 aromatic carbocycles. The first-order valence-corrected chi connectivity index (χ1v) is 8.94. The fraction of sp³-hybridized carbons (Fsp3) is 0.421. The third kappa shape index (κ3) is 4.71. The number of hydrogen-bond acceptors (Lipinski definition) is 5. The number of amides is 1. The maximum absolute atomic E-state index is 13.8. The van der Waals surface area contributed by atoms with Gasteiger partial charge in [-0.15, -0.1) is 24.8 Å². The van der Waals surface area contributed by atoms with Crippen molar-refractivity contribution in [2.75, 3.05) is 24.5 Å². The fourth-order valence-corrected chi connectivity index (χ4v) is 3.56. The number of rotatable bonds is 4. The van der Waals surface area contributed by atoms with Gasteiger partial charge in [-0.2, -0.15) is 0 Å². The molecule has 0 radical (unpaired) electrons. The molecular formula is C19H24Cl2FN5O. The van der Waals surface area contributed by atoms with Gasteiger partial charge in [0.1, 0.15) is 18.0 Å². The number of anilines is 1. The van der Waals surface area contributed by atoms with E-state index in [1.165, 1.54) is 6.07 Å². The maximum atomic E-state index is 13.8. The summed E-state index contributed by atoms with van der Waals surface area (Å²) in [7, 11) is 0. The number of nitrogens with two attached hydrogens (primary N) is 1. The molecule has 2 aromatic rings. The second-order valence-corrected chi connectivity index (χ2v) is 7.06. The van der Waals surface area contributed by atoms with Crippen molar-refractivity contribution < 1.29 is 9.18 Å². The highest BCUT2D eigenvalue weighted by Gasteiger charge is 2.30. The van der Waals surface area contributed by atoms with E-state index in [4.69, 9.17) is 5.73 Å². The van der Waals surface area contributed by atoms with Gasteiger partial charge in [0, 0.05) is 48.9 Å². The molecule has 152 valence electrons. The largest absolute Gasteiger partial charge is 0.345 e. The maximum Gasteiger partial charge on any atom is 0.242 e. The lowest BCUT2D eigenvalue weighted by Crippen LogP contribution is -2.50. The highest BCUT2D eigenvalue weighted by atomic mass is 35.5. The number of carbonyl (C=O) groups excluding carboxylic acids is 1. The monoisotopic (exact) mass is 427 g/mol. The number of nitrogens with zero attached hydrogens (tertiary/aromatic N) is 4. The number of halogens is 3. The Morgan fingerprint density at radius 2 is 1.89 bits per heavy atom. The molecule has 2 heterocycles. The van der Waals surface area contributed by atoms with Crippen LogP contribution in [0.3, 0.4) is 0 Å². The van der Waals surface area contributed by atoms with Crippen LogP contribution in [0.5, 0.6) is 0 Å². The first-order chi connectivity index (χ1) is 12.6. The van der Waals surface area contributed by atoms with Gasteiger partial charge in [0.25, 0.3) is 0 Å². The van der Waals surface area contributed by atoms with Gasteiger partial charge in [-0.3, -0.25) is 4.79 Å². The summed E-state index contributed by atoms with van der Waals surface area (Å²) in [6.45, 7) is 1.76. The molecule has 0 spiro atoms. The van der Waals surface area contributed by atoms with Crippen LogP contribution in [0.4, 0.5) is 10.2 Å². The first kappa shape index (κ1) is 22.3. The van der Waals surface area contributed by atoms with Crippen molar-refractivity contribution in [3.63, 3.8) is 0 Å². The van der Waals surface area contributed by atoms with E-state index in [0.29, 0.717) is 31.1 Å². The second-order valence-electron chi connectivity index (χ2n) is 7.06. The average molecular weight is 428 g/mol. The molecule has 0 atom stereocenters. The topological polar surface area (TPSA) is 75.3 Å². The predicted octanol–water partition coefficient (Wildman–Crippen LogP) is 2.51. The molecule has 9 heteroatoms. The molecule has 4 rings (SSSR count). The Kier molecular flexibility index (Phi) is 7.57. The SMILES string of the molecule is Cl.Cl.NC1CC(c2cc(N3CCN(Cc4ccccc4F)C(=O)C3)ncn2)C1. The van der Waals surface area contributed by atoms with Gasteiger partial charge in [-0.25, -0.2) is 14.4 Å². The summed E-state index contributed by atoms with van der Waals surface area (Å²) in [6.07, 6.45) is 3.46. The summed E-state index contributed by atoms with van der Waals surface area (Å²) in [5.41, 5.74) is 7.40. The quantitative estimate of drug-likeness (QED) is 0.810. The predicted molar refractivity (Wildman–Crippen MR) is 111 cm³/mol. The van der Waals surface area contributed by atoms with Gasteiger partial charge in [0.2, 0.25) is 5.91 Å². The van der Waals surface area contributed by atoms with E-state index in [9.17, 15) is 9.18 Å². The number of hydrogen-bond donors (Lipinski definition) is 1. The van der Waals surface area contributed by atoms with Crippen LogP contribution in [0.15, 0.2) is 36.7 Å². The Bertz CT molecular complexity index is 818. The lowest BCUT2D eigenvalue weighted by molar-refractivity contribution is -0.131. The highest BCUT2D eigenvalue weighted by Crippen LogP contribution is 2.35. The van der Waals surface area contributed by atoms with Crippen molar-refractivity contribution in [2.45, 2.75) is 31.3 Å². The number of carbonyl (C=O) groups is 1. The zero-order valence-corrected chi connectivity index (χ0v) is 17.0. The van der Waals surface area contributed by atoms with Gasteiger partial charge in [0.15, 0.2) is 0 Å². The van der Waals surface area contributed by atoms with Crippen LogP contribution in [-0.4, -0.2) is 46.5 Å². The van der Waals surface area contributed by atoms with E-state index in [-0.39, 0.29) is 49.1 Å². The molecule has 6 nitrogen and oxygen atoms in total. The van der Waals surface area contributed by atoms with Crippen LogP contribution in [-0.2, 0) is 11.3 Å². The van der Waals surface area contributed by atoms with Gasteiger partial charge in [-0.05, 0) is 18.9 Å². The zero-order valence-electron chi connectivity index (χ0n) is 15.3. The fourth-order valence-electron chi connectivity index (χ4n) is 3.56. The van der Waals surface area contributed by atoms with Crippen molar-refractivity contribution in [1.29, 1.82) is 0 Å². The molecule has 1 amide bonds. The van der Waals surface area contributed by atoms with Crippen molar-refractivity contribution in [2.24, 2.45) is 5.73 Å². The lowest BCUT2D eigenvalue weighted by atomic mass is 9.78. The summed E-state index contributed by atoms with van der Waals surface area (Å²) < 4.78 is 13.8. The smallest absolute Gasteiger partial charge is 0.242 e. The standard InChI is InChI=1S/C19H22FN5O.2ClH/c20-16-4-2-1-3-13(16)10-25-6-5-24(11-19(25)26)18-9-17(22-12-23-18)14-7-15(21)8-14;;/h1-4,9,12,14-15H,5-8,10-11,21H2;2*1H. The lowest BCUT2D eigenvalue weighted by Gasteiger charge is -2.36. The average Bonchev–Trinajstić information content (AvgIpc) is 2.62. The molecular weight excluding hydrogens is 404 g/mol. The van der Waals surface area contributed by atoms with E-state index in [2.05, 4.69) is 9.97 Å². The van der Waals surface area contributed by atoms with Crippen LogP contribution in [0.1, 0.15) is 30.0 Å². The molecule has 2 fully saturated rings. The molecule has 1 aromatic heterocycles. The molecule has 0 unspecified atom stereocenters. The van der Waals surface area contributed by atoms with Gasteiger partial charge >= 0.3 is 0 Å². The minimum absolute atomic E-state index is 0. The zero-order chi connectivity index (χ0) is 18.1. The first-order valence-electron chi connectivity index (χ1n) is 8.94. The van der Waals surface area contributed by atoms with Crippen molar-refractivity contribution >= 4 is 36.5 Å². The summed E-state index contributed by atoms with van der Waals surface area (Å²) in [5.74, 6) is 0.867. The van der Waals surface area contributed by atoms with Gasteiger partial charge in [-0.1, -0.05) is 18.2 Å². The van der Waals surface area contributed by atoms with E-state index >= 15 is 0 Å². The van der Waals surface area contributed by atoms with E-state index in [0.717, 1.165) is 24.4 Å². The Morgan fingerprint density at radius 3 is 2.57 bits per heavy atom. The molecule has 1 saturated carbocycles. The van der Waals surface area contributed by atoms with E-state index in [1.807, 2.05) is 11.0 Å². The number of aromatic nitrogens is 2. The second kappa shape index (κ2) is 9.49. The summed E-state index contributed by atoms with van der Waals surface area (Å²) in [4.78, 5) is 24.9. The third-order valence-corrected chi connectivity index (χ3v) is 5.23. The Hall–Kier alpha value is -1.96. The van der Waals surface area contributed by atoms with Crippen molar-refractivity contribution in [3.05, 3.63) is 53.7 Å². The van der Waals surface area contributed by atoms with Crippen LogP contribution in [0.2, 0.25) is 0 Å². The number of benzene rings is 1. The van der Waals surface area contributed by atoms with Crippen LogP contribution >= 0.6 is 24.8 Å². The summed E-state index contributed by atoms with van der Waals surface area (Å²) >= 11 is 0. The highest BCUT2D eigenvalue weighted by molar-refractivity contribution is 5.85. The van der Waals surface area contributed by atoms with Crippen LogP contribution in [0.25, 0.3) is 0 Å². The molecule has 2 aliphatic rings. The van der Waals surface area contributed by atoms with Crippen LogP contribution < -0.4 is 10.6 Å². The molecule has 1 aliphatic heterocycles. The van der Waals surface area contributed by atoms with Crippen molar-refractivity contribution in [1.82, 2.24) is 14.9 Å². The minimum Gasteiger partial charge on any atom is -0.345 e. The Balaban J connectivity index is 0.00000140. The summed E-state index contributed by atoms with van der Waals surface area (Å²) in [6, 6.07) is 8.81. The van der Waals surface area contributed by atoms with Gasteiger partial charge in [0.05, 0.1) is 6.54 Å².